The number of imide groups is 1. The second-order valence-electron chi connectivity index (χ2n) is 4.81. The standard InChI is InChI=1S/C15H13Cl3N4O2/c1-3-10-11(7(2)4-5-19-10)20-15(24)22-14(23)8-6-9(16)13(18)21-12(8)17/h4-6H,3H2,1-2H3,(H2,20,22,23,24). The van der Waals surface area contributed by atoms with Gasteiger partial charge in [-0.05, 0) is 31.0 Å². The number of aromatic nitrogens is 2. The summed E-state index contributed by atoms with van der Waals surface area (Å²) < 4.78 is 0. The van der Waals surface area contributed by atoms with E-state index in [0.29, 0.717) is 17.8 Å². The van der Waals surface area contributed by atoms with E-state index in [0.717, 1.165) is 5.56 Å². The lowest BCUT2D eigenvalue weighted by atomic mass is 10.1. The Morgan fingerprint density at radius 1 is 1.21 bits per heavy atom. The minimum atomic E-state index is -0.747. The van der Waals surface area contributed by atoms with Crippen LogP contribution in [0, 0.1) is 6.92 Å². The molecule has 3 amide bonds. The van der Waals surface area contributed by atoms with Gasteiger partial charge in [0.2, 0.25) is 0 Å². The van der Waals surface area contributed by atoms with Gasteiger partial charge in [0.1, 0.15) is 10.3 Å². The third kappa shape index (κ3) is 4.14. The molecule has 2 rings (SSSR count). The topological polar surface area (TPSA) is 84.0 Å². The molecule has 0 atom stereocenters. The molecule has 0 aromatic carbocycles. The van der Waals surface area contributed by atoms with Gasteiger partial charge in [-0.15, -0.1) is 0 Å². The van der Waals surface area contributed by atoms with E-state index in [4.69, 9.17) is 34.8 Å². The van der Waals surface area contributed by atoms with E-state index in [1.54, 1.807) is 12.3 Å². The molecule has 0 saturated carbocycles. The predicted octanol–water partition coefficient (Wildman–Crippen LogP) is 4.27. The fourth-order valence-corrected chi connectivity index (χ4v) is 2.53. The molecule has 24 heavy (non-hydrogen) atoms. The number of halogens is 3. The molecule has 0 aliphatic carbocycles. The monoisotopic (exact) mass is 386 g/mol. The first-order valence-corrected chi connectivity index (χ1v) is 8.05. The van der Waals surface area contributed by atoms with Crippen LogP contribution in [0.5, 0.6) is 0 Å². The second kappa shape index (κ2) is 7.79. The van der Waals surface area contributed by atoms with Crippen molar-refractivity contribution in [1.82, 2.24) is 15.3 Å². The van der Waals surface area contributed by atoms with Crippen molar-refractivity contribution in [2.24, 2.45) is 0 Å². The number of carbonyl (C=O) groups excluding carboxylic acids is 2. The van der Waals surface area contributed by atoms with E-state index in [2.05, 4.69) is 20.6 Å². The van der Waals surface area contributed by atoms with Gasteiger partial charge in [0.05, 0.1) is 22.0 Å². The van der Waals surface area contributed by atoms with Crippen molar-refractivity contribution in [3.8, 4) is 0 Å². The van der Waals surface area contributed by atoms with Gasteiger partial charge in [0.25, 0.3) is 5.91 Å². The van der Waals surface area contributed by atoms with Gasteiger partial charge in [-0.2, -0.15) is 0 Å². The molecule has 2 aromatic heterocycles. The number of anilines is 1. The predicted molar refractivity (Wildman–Crippen MR) is 94.1 cm³/mol. The average molecular weight is 388 g/mol. The summed E-state index contributed by atoms with van der Waals surface area (Å²) in [6.07, 6.45) is 2.29. The summed E-state index contributed by atoms with van der Waals surface area (Å²) >= 11 is 17.4. The molecule has 6 nitrogen and oxygen atoms in total. The zero-order valence-electron chi connectivity index (χ0n) is 12.8. The molecule has 0 spiro atoms. The fraction of sp³-hybridized carbons (Fsp3) is 0.200. The van der Waals surface area contributed by atoms with Crippen molar-refractivity contribution < 1.29 is 9.59 Å². The molecule has 2 aromatic rings. The Bertz CT molecular complexity index is 812. The van der Waals surface area contributed by atoms with Crippen molar-refractivity contribution in [3.63, 3.8) is 0 Å². The van der Waals surface area contributed by atoms with Crippen molar-refractivity contribution >= 4 is 52.4 Å². The third-order valence-electron chi connectivity index (χ3n) is 3.17. The smallest absolute Gasteiger partial charge is 0.306 e. The molecular formula is C15H13Cl3N4O2. The zero-order chi connectivity index (χ0) is 17.9. The molecule has 0 unspecified atom stereocenters. The van der Waals surface area contributed by atoms with Crippen LogP contribution in [0.25, 0.3) is 0 Å². The first-order valence-electron chi connectivity index (χ1n) is 6.91. The number of nitrogens with zero attached hydrogens (tertiary/aromatic N) is 2. The molecular weight excluding hydrogens is 375 g/mol. The molecule has 9 heteroatoms. The molecule has 0 aliphatic heterocycles. The van der Waals surface area contributed by atoms with Crippen LogP contribution in [-0.4, -0.2) is 21.9 Å². The molecule has 0 saturated heterocycles. The van der Waals surface area contributed by atoms with E-state index >= 15 is 0 Å². The van der Waals surface area contributed by atoms with E-state index in [1.807, 2.05) is 13.8 Å². The molecule has 0 fully saturated rings. The van der Waals surface area contributed by atoms with Gasteiger partial charge in [-0.25, -0.2) is 9.78 Å². The molecule has 0 bridgehead atoms. The van der Waals surface area contributed by atoms with Crippen molar-refractivity contribution in [2.45, 2.75) is 20.3 Å². The Hall–Kier alpha value is -1.89. The van der Waals surface area contributed by atoms with Crippen LogP contribution in [-0.2, 0) is 6.42 Å². The van der Waals surface area contributed by atoms with E-state index in [-0.39, 0.29) is 20.9 Å². The highest BCUT2D eigenvalue weighted by molar-refractivity contribution is 6.42. The fourth-order valence-electron chi connectivity index (χ4n) is 1.97. The number of nitrogens with one attached hydrogen (secondary N) is 2. The highest BCUT2D eigenvalue weighted by Crippen LogP contribution is 2.25. The minimum absolute atomic E-state index is 0.0266. The number of aryl methyl sites for hydroxylation is 2. The number of carbonyl (C=O) groups is 2. The van der Waals surface area contributed by atoms with Crippen LogP contribution in [0.4, 0.5) is 10.5 Å². The Morgan fingerprint density at radius 3 is 2.58 bits per heavy atom. The number of hydrogen-bond donors (Lipinski definition) is 2. The van der Waals surface area contributed by atoms with E-state index in [9.17, 15) is 9.59 Å². The Labute approximate surface area is 153 Å². The van der Waals surface area contributed by atoms with Gasteiger partial charge in [-0.3, -0.25) is 15.1 Å². The van der Waals surface area contributed by atoms with Crippen LogP contribution in [0.2, 0.25) is 15.3 Å². The zero-order valence-corrected chi connectivity index (χ0v) is 15.1. The quantitative estimate of drug-likeness (QED) is 0.770. The summed E-state index contributed by atoms with van der Waals surface area (Å²) in [5.74, 6) is -0.747. The molecule has 2 N–H and O–H groups in total. The highest BCUT2D eigenvalue weighted by atomic mass is 35.5. The summed E-state index contributed by atoms with van der Waals surface area (Å²) in [5.41, 5.74) is 2.05. The molecule has 2 heterocycles. The van der Waals surface area contributed by atoms with Gasteiger partial charge < -0.3 is 5.32 Å². The average Bonchev–Trinajstić information content (AvgIpc) is 2.52. The Morgan fingerprint density at radius 2 is 1.92 bits per heavy atom. The van der Waals surface area contributed by atoms with Gasteiger partial charge in [-0.1, -0.05) is 41.7 Å². The lowest BCUT2D eigenvalue weighted by molar-refractivity contribution is 0.0967. The van der Waals surface area contributed by atoms with Gasteiger partial charge in [0, 0.05) is 6.20 Å². The summed E-state index contributed by atoms with van der Waals surface area (Å²) in [7, 11) is 0. The van der Waals surface area contributed by atoms with Crippen molar-refractivity contribution in [3.05, 3.63) is 50.5 Å². The number of urea groups is 1. The van der Waals surface area contributed by atoms with Crippen LogP contribution < -0.4 is 10.6 Å². The summed E-state index contributed by atoms with van der Waals surface area (Å²) in [5, 5.41) is 4.67. The SMILES string of the molecule is CCc1nccc(C)c1NC(=O)NC(=O)c1cc(Cl)c(Cl)nc1Cl. The Balaban J connectivity index is 2.16. The summed E-state index contributed by atoms with van der Waals surface area (Å²) in [4.78, 5) is 32.2. The highest BCUT2D eigenvalue weighted by Gasteiger charge is 2.18. The first kappa shape index (κ1) is 18.4. The van der Waals surface area contributed by atoms with Crippen molar-refractivity contribution in [2.75, 3.05) is 5.32 Å². The van der Waals surface area contributed by atoms with Crippen LogP contribution in [0.3, 0.4) is 0 Å². The van der Waals surface area contributed by atoms with Crippen LogP contribution in [0.15, 0.2) is 18.3 Å². The first-order chi connectivity index (χ1) is 11.3. The number of pyridine rings is 2. The van der Waals surface area contributed by atoms with Crippen LogP contribution in [0.1, 0.15) is 28.5 Å². The Kier molecular flexibility index (Phi) is 5.99. The summed E-state index contributed by atoms with van der Waals surface area (Å²) in [6, 6.07) is 2.29. The molecule has 0 radical (unpaired) electrons. The van der Waals surface area contributed by atoms with Gasteiger partial charge in [0.15, 0.2) is 0 Å². The normalized spacial score (nSPS) is 10.4. The second-order valence-corrected chi connectivity index (χ2v) is 5.93. The number of hydrogen-bond acceptors (Lipinski definition) is 4. The van der Waals surface area contributed by atoms with E-state index < -0.39 is 11.9 Å². The summed E-state index contributed by atoms with van der Waals surface area (Å²) in [6.45, 7) is 3.75. The maximum atomic E-state index is 12.2. The largest absolute Gasteiger partial charge is 0.326 e. The number of rotatable bonds is 3. The van der Waals surface area contributed by atoms with E-state index in [1.165, 1.54) is 6.07 Å². The maximum Gasteiger partial charge on any atom is 0.326 e. The minimum Gasteiger partial charge on any atom is -0.306 e. The lowest BCUT2D eigenvalue weighted by Gasteiger charge is -2.12. The third-order valence-corrected chi connectivity index (χ3v) is 4.13. The number of amides is 3. The maximum absolute atomic E-state index is 12.2. The molecule has 0 aliphatic rings. The van der Waals surface area contributed by atoms with Crippen LogP contribution >= 0.6 is 34.8 Å². The lowest BCUT2D eigenvalue weighted by Crippen LogP contribution is -2.35. The molecule has 126 valence electrons. The van der Waals surface area contributed by atoms with Crippen molar-refractivity contribution in [1.29, 1.82) is 0 Å². The van der Waals surface area contributed by atoms with Gasteiger partial charge >= 0.3 is 6.03 Å².